The number of carbonyl (C=O) groups excluding carboxylic acids is 1. The first-order valence-electron chi connectivity index (χ1n) is 9.29. The summed E-state index contributed by atoms with van der Waals surface area (Å²) >= 11 is 1.42. The molecule has 0 aliphatic heterocycles. The second kappa shape index (κ2) is 9.05. The van der Waals surface area contributed by atoms with Crippen molar-refractivity contribution in [1.82, 2.24) is 15.0 Å². The zero-order chi connectivity index (χ0) is 20.1. The fraction of sp³-hybridized carbons (Fsp3) is 0.350. The van der Waals surface area contributed by atoms with Gasteiger partial charge in [-0.25, -0.2) is 14.4 Å². The van der Waals surface area contributed by atoms with Crippen LogP contribution in [0.3, 0.4) is 0 Å². The number of carbonyl (C=O) groups is 1. The summed E-state index contributed by atoms with van der Waals surface area (Å²) in [6.45, 7) is 6.92. The summed E-state index contributed by atoms with van der Waals surface area (Å²) < 4.78 is 17.9. The number of nitrogens with one attached hydrogen (secondary N) is 3. The predicted octanol–water partition coefficient (Wildman–Crippen LogP) is 4.87. The quantitative estimate of drug-likeness (QED) is 0.270. The van der Waals surface area contributed by atoms with Crippen LogP contribution < -0.4 is 10.0 Å². The van der Waals surface area contributed by atoms with Crippen molar-refractivity contribution in [3.8, 4) is 0 Å². The van der Waals surface area contributed by atoms with Gasteiger partial charge in [0.2, 0.25) is 0 Å². The van der Waals surface area contributed by atoms with Crippen molar-refractivity contribution >= 4 is 40.3 Å². The fourth-order valence-electron chi connectivity index (χ4n) is 2.74. The minimum atomic E-state index is -0.556. The molecule has 0 bridgehead atoms. The van der Waals surface area contributed by atoms with Gasteiger partial charge in [-0.05, 0) is 24.5 Å². The van der Waals surface area contributed by atoms with Crippen molar-refractivity contribution in [3.05, 3.63) is 47.7 Å². The van der Waals surface area contributed by atoms with Gasteiger partial charge in [0.25, 0.3) is 0 Å². The maximum absolute atomic E-state index is 14.9. The maximum atomic E-state index is 14.9. The van der Waals surface area contributed by atoms with Crippen molar-refractivity contribution in [2.75, 3.05) is 22.3 Å². The number of nitrogens with zero attached hydrogens (tertiary/aromatic N) is 2. The zero-order valence-electron chi connectivity index (χ0n) is 16.2. The number of H-pyrrole nitrogens is 1. The molecule has 0 aliphatic carbocycles. The molecule has 0 aliphatic rings. The lowest BCUT2D eigenvalue weighted by Crippen LogP contribution is -2.11. The van der Waals surface area contributed by atoms with Crippen LogP contribution in [0.2, 0.25) is 0 Å². The maximum Gasteiger partial charge on any atom is 0.198 e. The van der Waals surface area contributed by atoms with Crippen LogP contribution in [0.5, 0.6) is 0 Å². The molecule has 1 aromatic carbocycles. The van der Waals surface area contributed by atoms with Gasteiger partial charge in [-0.2, -0.15) is 0 Å². The predicted molar refractivity (Wildman–Crippen MR) is 113 cm³/mol. The summed E-state index contributed by atoms with van der Waals surface area (Å²) in [5, 5.41) is 3.82. The molecule has 0 saturated heterocycles. The van der Waals surface area contributed by atoms with E-state index in [4.69, 9.17) is 0 Å². The number of aromatic amines is 1. The summed E-state index contributed by atoms with van der Waals surface area (Å²) in [5.41, 5.74) is 1.21. The summed E-state index contributed by atoms with van der Waals surface area (Å²) in [7, 11) is 0. The standard InChI is InChI=1S/C20H24FN5OS/c1-4-8-28-26-15-7-5-6-13(17(15)21)18(27)14-10-23-20-16(14)19(24-11-25-20)22-9-12(2)3/h5-7,10-12,26H,4,8-9H2,1-3H3,(H2,22,23,24,25). The summed E-state index contributed by atoms with van der Waals surface area (Å²) in [6, 6.07) is 4.80. The number of rotatable bonds is 9. The van der Waals surface area contributed by atoms with E-state index in [9.17, 15) is 9.18 Å². The van der Waals surface area contributed by atoms with Gasteiger partial charge in [-0.15, -0.1) is 0 Å². The normalized spacial score (nSPS) is 11.2. The van der Waals surface area contributed by atoms with Gasteiger partial charge in [0.15, 0.2) is 11.6 Å². The summed E-state index contributed by atoms with van der Waals surface area (Å²) in [5.74, 6) is 0.858. The lowest BCUT2D eigenvalue weighted by Gasteiger charge is -2.11. The van der Waals surface area contributed by atoms with E-state index >= 15 is 0 Å². The number of aromatic nitrogens is 3. The number of anilines is 2. The molecule has 148 valence electrons. The number of hydrogen-bond donors (Lipinski definition) is 3. The van der Waals surface area contributed by atoms with E-state index in [0.717, 1.165) is 12.2 Å². The first-order chi connectivity index (χ1) is 13.5. The lowest BCUT2D eigenvalue weighted by atomic mass is 10.0. The molecule has 28 heavy (non-hydrogen) atoms. The van der Waals surface area contributed by atoms with Crippen LogP contribution in [0.1, 0.15) is 43.1 Å². The monoisotopic (exact) mass is 401 g/mol. The van der Waals surface area contributed by atoms with E-state index in [0.29, 0.717) is 40.6 Å². The molecular weight excluding hydrogens is 377 g/mol. The van der Waals surface area contributed by atoms with Crippen LogP contribution in [0, 0.1) is 11.7 Å². The highest BCUT2D eigenvalue weighted by molar-refractivity contribution is 8.00. The van der Waals surface area contributed by atoms with Crippen molar-refractivity contribution in [2.24, 2.45) is 5.92 Å². The molecule has 0 radical (unpaired) electrons. The molecular formula is C20H24FN5OS. The van der Waals surface area contributed by atoms with E-state index in [-0.39, 0.29) is 5.56 Å². The van der Waals surface area contributed by atoms with Gasteiger partial charge >= 0.3 is 0 Å². The third-order valence-corrected chi connectivity index (χ3v) is 5.10. The van der Waals surface area contributed by atoms with Crippen molar-refractivity contribution in [3.63, 3.8) is 0 Å². The van der Waals surface area contributed by atoms with E-state index < -0.39 is 11.6 Å². The Bertz CT molecular complexity index is 972. The average Bonchev–Trinajstić information content (AvgIpc) is 3.12. The highest BCUT2D eigenvalue weighted by Gasteiger charge is 2.22. The van der Waals surface area contributed by atoms with Crippen LogP contribution in [-0.4, -0.2) is 33.0 Å². The Morgan fingerprint density at radius 2 is 2.11 bits per heavy atom. The van der Waals surface area contributed by atoms with E-state index in [1.54, 1.807) is 18.3 Å². The molecule has 3 aromatic rings. The number of benzene rings is 1. The molecule has 3 N–H and O–H groups in total. The van der Waals surface area contributed by atoms with Crippen molar-refractivity contribution < 1.29 is 9.18 Å². The molecule has 0 unspecified atom stereocenters. The number of fused-ring (bicyclic) bond motifs is 1. The summed E-state index contributed by atoms with van der Waals surface area (Å²) in [6.07, 6.45) is 3.97. The van der Waals surface area contributed by atoms with Crippen LogP contribution in [-0.2, 0) is 0 Å². The van der Waals surface area contributed by atoms with E-state index in [1.807, 2.05) is 0 Å². The molecule has 8 heteroatoms. The van der Waals surface area contributed by atoms with Gasteiger partial charge in [0, 0.05) is 18.5 Å². The second-order valence-corrected chi connectivity index (χ2v) is 7.77. The minimum absolute atomic E-state index is 0.0154. The number of hydrogen-bond acceptors (Lipinski definition) is 6. The van der Waals surface area contributed by atoms with Gasteiger partial charge in [0.05, 0.1) is 22.2 Å². The van der Waals surface area contributed by atoms with Crippen LogP contribution >= 0.6 is 11.9 Å². The van der Waals surface area contributed by atoms with Gasteiger partial charge in [-0.3, -0.25) is 4.79 Å². The van der Waals surface area contributed by atoms with E-state index in [1.165, 1.54) is 24.3 Å². The Balaban J connectivity index is 1.97. The molecule has 0 fully saturated rings. The Morgan fingerprint density at radius 1 is 1.29 bits per heavy atom. The van der Waals surface area contributed by atoms with Crippen molar-refractivity contribution in [1.29, 1.82) is 0 Å². The first-order valence-corrected chi connectivity index (χ1v) is 10.3. The number of ketones is 1. The van der Waals surface area contributed by atoms with Crippen LogP contribution in [0.25, 0.3) is 11.0 Å². The number of halogens is 1. The van der Waals surface area contributed by atoms with Gasteiger partial charge in [-0.1, -0.05) is 38.8 Å². The lowest BCUT2D eigenvalue weighted by molar-refractivity contribution is 0.103. The average molecular weight is 402 g/mol. The molecule has 0 spiro atoms. The topological polar surface area (TPSA) is 82.7 Å². The van der Waals surface area contributed by atoms with Gasteiger partial charge in [0.1, 0.15) is 17.8 Å². The highest BCUT2D eigenvalue weighted by atomic mass is 32.2. The fourth-order valence-corrected chi connectivity index (χ4v) is 3.36. The molecule has 0 atom stereocenters. The Morgan fingerprint density at radius 3 is 2.86 bits per heavy atom. The summed E-state index contributed by atoms with van der Waals surface area (Å²) in [4.78, 5) is 24.6. The van der Waals surface area contributed by atoms with E-state index in [2.05, 4.69) is 45.8 Å². The SMILES string of the molecule is CCCSNc1cccc(C(=O)c2c[nH]c3ncnc(NCC(C)C)c23)c1F. The molecule has 2 aromatic heterocycles. The molecule has 0 amide bonds. The third kappa shape index (κ3) is 4.27. The molecule has 0 saturated carbocycles. The van der Waals surface area contributed by atoms with Crippen molar-refractivity contribution in [2.45, 2.75) is 27.2 Å². The Kier molecular flexibility index (Phi) is 6.51. The molecule has 3 rings (SSSR count). The smallest absolute Gasteiger partial charge is 0.198 e. The minimum Gasteiger partial charge on any atom is -0.369 e. The molecule has 6 nitrogen and oxygen atoms in total. The van der Waals surface area contributed by atoms with Crippen LogP contribution in [0.4, 0.5) is 15.9 Å². The van der Waals surface area contributed by atoms with Gasteiger partial charge < -0.3 is 15.0 Å². The third-order valence-electron chi connectivity index (χ3n) is 4.12. The zero-order valence-corrected chi connectivity index (χ0v) is 17.0. The first kappa shape index (κ1) is 20.1. The largest absolute Gasteiger partial charge is 0.369 e. The Hall–Kier alpha value is -2.61. The highest BCUT2D eigenvalue weighted by Crippen LogP contribution is 2.28. The Labute approximate surface area is 167 Å². The molecule has 2 heterocycles. The van der Waals surface area contributed by atoms with Crippen LogP contribution in [0.15, 0.2) is 30.7 Å². The second-order valence-electron chi connectivity index (χ2n) is 6.87.